The zero-order valence-corrected chi connectivity index (χ0v) is 29.1. The number of imidazole rings is 1. The van der Waals surface area contributed by atoms with Gasteiger partial charge in [-0.2, -0.15) is 5.26 Å². The van der Waals surface area contributed by atoms with Gasteiger partial charge in [0, 0.05) is 12.6 Å². The van der Waals surface area contributed by atoms with Crippen LogP contribution in [0.25, 0.3) is 11.0 Å². The monoisotopic (exact) mass is 674 g/mol. The van der Waals surface area contributed by atoms with Crippen molar-refractivity contribution < 1.29 is 27.8 Å². The molecule has 0 amide bonds. The minimum Gasteiger partial charge on any atom is -0.483 e. The standard InChI is InChI=1S/C36H37F3N4O.C2H6.CH2O2/c1-6-8-24(4)22-43-34-16-25(5)15-32(39)36(34)42-35(43)19-33-31(38)18-29(21-41-33)44-28(9-7-2)14-23(3)10-12-27-13-11-26(20-40)17-30(27)37;1-2;2-1-3/h7,9,11,13-18,21,24H,2,6,8,10,12,19,22H2,1,3-5H3;1-2H3;1H,(H,2,3)/b23-14+,28-9+;;/t24-;;/m0../s1. The number of nitriles is 1. The van der Waals surface area contributed by atoms with Crippen molar-refractivity contribution >= 4 is 17.5 Å². The topological polar surface area (TPSA) is 101 Å². The molecule has 49 heavy (non-hydrogen) atoms. The van der Waals surface area contributed by atoms with Crippen molar-refractivity contribution in [3.63, 3.8) is 0 Å². The summed E-state index contributed by atoms with van der Waals surface area (Å²) in [6.45, 7) is 16.1. The Morgan fingerprint density at radius 2 is 1.86 bits per heavy atom. The fraction of sp³-hybridized carbons (Fsp3) is 0.333. The van der Waals surface area contributed by atoms with Crippen LogP contribution in [0.4, 0.5) is 13.2 Å². The van der Waals surface area contributed by atoms with Gasteiger partial charge in [0.25, 0.3) is 6.47 Å². The van der Waals surface area contributed by atoms with E-state index in [1.165, 1.54) is 24.4 Å². The summed E-state index contributed by atoms with van der Waals surface area (Å²) >= 11 is 0. The SMILES string of the molecule is C=C/C=C(\C=C(/C)CCc1ccc(C#N)cc1F)Oc1cnc(Cc2nc3c(F)cc(C)cc3n2C[C@@H](C)CCC)c(F)c1.CC.O=CO. The molecule has 1 N–H and O–H groups in total. The number of halogens is 3. The van der Waals surface area contributed by atoms with Gasteiger partial charge in [-0.3, -0.25) is 9.78 Å². The van der Waals surface area contributed by atoms with Gasteiger partial charge in [-0.15, -0.1) is 0 Å². The second kappa shape index (κ2) is 20.3. The number of ether oxygens (including phenoxy) is 1. The molecule has 0 aliphatic heterocycles. The van der Waals surface area contributed by atoms with Crippen molar-refractivity contribution in [1.29, 1.82) is 5.26 Å². The maximum absolute atomic E-state index is 15.4. The molecule has 0 bridgehead atoms. The number of carbonyl (C=O) groups is 1. The predicted molar refractivity (Wildman–Crippen MR) is 188 cm³/mol. The van der Waals surface area contributed by atoms with Gasteiger partial charge in [-0.25, -0.2) is 18.2 Å². The van der Waals surface area contributed by atoms with E-state index in [1.807, 2.05) is 44.4 Å². The number of hydrogen-bond acceptors (Lipinski definition) is 5. The highest BCUT2D eigenvalue weighted by atomic mass is 19.1. The number of allylic oxidation sites excluding steroid dienone is 4. The third-order valence-electron chi connectivity index (χ3n) is 7.40. The first-order chi connectivity index (χ1) is 23.5. The molecule has 0 saturated carbocycles. The van der Waals surface area contributed by atoms with Gasteiger partial charge in [-0.05, 0) is 86.6 Å². The van der Waals surface area contributed by atoms with Gasteiger partial charge in [0.05, 0.1) is 35.5 Å². The molecule has 0 spiro atoms. The summed E-state index contributed by atoms with van der Waals surface area (Å²) in [4.78, 5) is 17.3. The lowest BCUT2D eigenvalue weighted by Gasteiger charge is -2.15. The van der Waals surface area contributed by atoms with Crippen molar-refractivity contribution in [3.8, 4) is 11.8 Å². The molecular formula is C39H45F3N4O3. The molecule has 0 unspecified atom stereocenters. The van der Waals surface area contributed by atoms with Crippen LogP contribution < -0.4 is 4.74 Å². The smallest absolute Gasteiger partial charge is 0.290 e. The number of rotatable bonds is 13. The molecule has 1 atom stereocenters. The van der Waals surface area contributed by atoms with E-state index >= 15 is 4.39 Å². The Bertz CT molecular complexity index is 1820. The van der Waals surface area contributed by atoms with Crippen molar-refractivity contribution in [2.45, 2.75) is 80.2 Å². The molecule has 0 aliphatic carbocycles. The van der Waals surface area contributed by atoms with Crippen LogP contribution in [0.1, 0.15) is 82.1 Å². The first kappa shape index (κ1) is 40.0. The number of fused-ring (bicyclic) bond motifs is 1. The highest BCUT2D eigenvalue weighted by molar-refractivity contribution is 5.77. The number of carboxylic acid groups (broad SMARTS) is 1. The molecule has 2 aromatic heterocycles. The number of pyridine rings is 1. The fourth-order valence-corrected chi connectivity index (χ4v) is 5.21. The van der Waals surface area contributed by atoms with Gasteiger partial charge >= 0.3 is 0 Å². The van der Waals surface area contributed by atoms with Crippen LogP contribution in [0.15, 0.2) is 78.7 Å². The lowest BCUT2D eigenvalue weighted by atomic mass is 10.0. The maximum Gasteiger partial charge on any atom is 0.290 e. The number of aromatic nitrogens is 3. The Kier molecular flexibility index (Phi) is 16.5. The fourth-order valence-electron chi connectivity index (χ4n) is 5.21. The molecule has 4 aromatic rings. The van der Waals surface area contributed by atoms with Crippen LogP contribution >= 0.6 is 0 Å². The highest BCUT2D eigenvalue weighted by Crippen LogP contribution is 2.26. The molecule has 0 fully saturated rings. The molecule has 4 rings (SSSR count). The van der Waals surface area contributed by atoms with Crippen molar-refractivity contribution in [2.24, 2.45) is 5.92 Å². The third kappa shape index (κ3) is 11.8. The van der Waals surface area contributed by atoms with Crippen LogP contribution in [-0.4, -0.2) is 26.1 Å². The van der Waals surface area contributed by atoms with Gasteiger partial charge in [-0.1, -0.05) is 58.4 Å². The van der Waals surface area contributed by atoms with E-state index in [0.717, 1.165) is 24.0 Å². The highest BCUT2D eigenvalue weighted by Gasteiger charge is 2.19. The summed E-state index contributed by atoms with van der Waals surface area (Å²) in [6, 6.07) is 11.0. The molecule has 0 aliphatic rings. The number of nitrogens with zero attached hydrogens (tertiary/aromatic N) is 4. The van der Waals surface area contributed by atoms with E-state index in [4.69, 9.17) is 19.9 Å². The molecular weight excluding hydrogens is 629 g/mol. The zero-order chi connectivity index (χ0) is 36.5. The zero-order valence-electron chi connectivity index (χ0n) is 29.1. The van der Waals surface area contributed by atoms with Gasteiger partial charge in [0.2, 0.25) is 0 Å². The average molecular weight is 675 g/mol. The molecule has 7 nitrogen and oxygen atoms in total. The molecule has 2 aromatic carbocycles. The summed E-state index contributed by atoms with van der Waals surface area (Å²) in [5, 5.41) is 15.8. The molecule has 0 saturated heterocycles. The van der Waals surface area contributed by atoms with Crippen LogP contribution in [0.5, 0.6) is 5.75 Å². The number of hydrogen-bond donors (Lipinski definition) is 1. The predicted octanol–water partition coefficient (Wildman–Crippen LogP) is 9.81. The van der Waals surface area contributed by atoms with E-state index in [-0.39, 0.29) is 35.4 Å². The van der Waals surface area contributed by atoms with Crippen LogP contribution in [0.3, 0.4) is 0 Å². The van der Waals surface area contributed by atoms with Crippen molar-refractivity contribution in [3.05, 3.63) is 124 Å². The summed E-state index contributed by atoms with van der Waals surface area (Å²) in [5.74, 6) is 0.141. The Balaban J connectivity index is 0.00000158. The second-order valence-electron chi connectivity index (χ2n) is 11.3. The molecule has 0 radical (unpaired) electrons. The Morgan fingerprint density at radius 1 is 1.14 bits per heavy atom. The van der Waals surface area contributed by atoms with E-state index < -0.39 is 17.5 Å². The van der Waals surface area contributed by atoms with E-state index in [2.05, 4.69) is 30.4 Å². The largest absolute Gasteiger partial charge is 0.483 e. The summed E-state index contributed by atoms with van der Waals surface area (Å²) in [6.07, 6.45) is 9.55. The van der Waals surface area contributed by atoms with Crippen molar-refractivity contribution in [2.75, 3.05) is 0 Å². The maximum atomic E-state index is 15.4. The van der Waals surface area contributed by atoms with Crippen LogP contribution in [0, 0.1) is 41.6 Å². The average Bonchev–Trinajstić information content (AvgIpc) is 3.39. The van der Waals surface area contributed by atoms with Gasteiger partial charge in [0.1, 0.15) is 34.5 Å². The third-order valence-corrected chi connectivity index (χ3v) is 7.40. The Labute approximate surface area is 287 Å². The van der Waals surface area contributed by atoms with Crippen LogP contribution in [-0.2, 0) is 24.2 Å². The Hall–Kier alpha value is -5.17. The first-order valence-electron chi connectivity index (χ1n) is 16.3. The molecule has 10 heteroatoms. The van der Waals surface area contributed by atoms with Gasteiger partial charge in [0.15, 0.2) is 5.82 Å². The minimum atomic E-state index is -0.561. The summed E-state index contributed by atoms with van der Waals surface area (Å²) < 4.78 is 52.4. The molecule has 260 valence electrons. The van der Waals surface area contributed by atoms with Crippen molar-refractivity contribution in [1.82, 2.24) is 14.5 Å². The lowest BCUT2D eigenvalue weighted by molar-refractivity contribution is -0.122. The lowest BCUT2D eigenvalue weighted by Crippen LogP contribution is -2.12. The Morgan fingerprint density at radius 3 is 2.47 bits per heavy atom. The quantitative estimate of drug-likeness (QED) is 0.0861. The van der Waals surface area contributed by atoms with E-state index in [0.29, 0.717) is 48.0 Å². The van der Waals surface area contributed by atoms with E-state index in [9.17, 15) is 8.78 Å². The van der Waals surface area contributed by atoms with Gasteiger partial charge < -0.3 is 14.4 Å². The minimum absolute atomic E-state index is 0.0956. The number of aryl methyl sites for hydroxylation is 2. The summed E-state index contributed by atoms with van der Waals surface area (Å²) in [5.41, 5.74) is 3.65. The second-order valence-corrected chi connectivity index (χ2v) is 11.3. The van der Waals surface area contributed by atoms with E-state index in [1.54, 1.807) is 30.4 Å². The molecule has 2 heterocycles. The summed E-state index contributed by atoms with van der Waals surface area (Å²) in [7, 11) is 0. The normalized spacial score (nSPS) is 11.8. The van der Waals surface area contributed by atoms with Crippen LogP contribution in [0.2, 0.25) is 0 Å². The first-order valence-corrected chi connectivity index (χ1v) is 16.3. The number of benzene rings is 2.